The SMILES string of the molecule is CC(CS(C)=O)NS(=O)(=O)c1ccccc1F. The quantitative estimate of drug-likeness (QED) is 0.870. The first-order valence-corrected chi connectivity index (χ1v) is 8.11. The van der Waals surface area contributed by atoms with Crippen LogP contribution in [-0.2, 0) is 20.8 Å². The first-order chi connectivity index (χ1) is 7.83. The molecule has 0 aromatic heterocycles. The third-order valence-electron chi connectivity index (χ3n) is 1.97. The van der Waals surface area contributed by atoms with Crippen molar-refractivity contribution >= 4 is 20.8 Å². The average molecular weight is 279 g/mol. The molecule has 0 heterocycles. The van der Waals surface area contributed by atoms with Gasteiger partial charge in [-0.05, 0) is 19.1 Å². The summed E-state index contributed by atoms with van der Waals surface area (Å²) in [6, 6.07) is 4.62. The van der Waals surface area contributed by atoms with Crippen LogP contribution in [0.25, 0.3) is 0 Å². The number of rotatable bonds is 5. The van der Waals surface area contributed by atoms with Crippen molar-refractivity contribution in [1.82, 2.24) is 4.72 Å². The van der Waals surface area contributed by atoms with Gasteiger partial charge in [-0.25, -0.2) is 17.5 Å². The smallest absolute Gasteiger partial charge is 0.243 e. The highest BCUT2D eigenvalue weighted by Crippen LogP contribution is 2.13. The maximum Gasteiger partial charge on any atom is 0.243 e. The van der Waals surface area contributed by atoms with E-state index in [1.807, 2.05) is 0 Å². The molecule has 0 aliphatic carbocycles. The standard InChI is InChI=1S/C10H14FNO3S2/c1-8(7-16(2)13)12-17(14,15)10-6-4-3-5-9(10)11/h3-6,8,12H,7H2,1-2H3. The van der Waals surface area contributed by atoms with Crippen LogP contribution in [0.4, 0.5) is 4.39 Å². The van der Waals surface area contributed by atoms with Crippen molar-refractivity contribution in [3.63, 3.8) is 0 Å². The van der Waals surface area contributed by atoms with E-state index in [1.165, 1.54) is 24.5 Å². The molecule has 0 spiro atoms. The molecule has 7 heteroatoms. The third-order valence-corrected chi connectivity index (χ3v) is 4.56. The van der Waals surface area contributed by atoms with Gasteiger partial charge in [0, 0.05) is 28.9 Å². The second-order valence-electron chi connectivity index (χ2n) is 3.69. The van der Waals surface area contributed by atoms with Crippen molar-refractivity contribution in [2.45, 2.75) is 17.9 Å². The van der Waals surface area contributed by atoms with Gasteiger partial charge in [-0.3, -0.25) is 4.21 Å². The van der Waals surface area contributed by atoms with E-state index in [9.17, 15) is 17.0 Å². The first kappa shape index (κ1) is 14.3. The summed E-state index contributed by atoms with van der Waals surface area (Å²) in [4.78, 5) is -0.395. The normalized spacial score (nSPS) is 15.5. The number of hydrogen-bond acceptors (Lipinski definition) is 3. The lowest BCUT2D eigenvalue weighted by molar-refractivity contribution is 0.549. The maximum absolute atomic E-state index is 13.3. The van der Waals surface area contributed by atoms with Gasteiger partial charge in [-0.2, -0.15) is 0 Å². The lowest BCUT2D eigenvalue weighted by Gasteiger charge is -2.13. The van der Waals surface area contributed by atoms with Crippen LogP contribution >= 0.6 is 0 Å². The van der Waals surface area contributed by atoms with E-state index in [2.05, 4.69) is 4.72 Å². The number of nitrogens with one attached hydrogen (secondary N) is 1. The van der Waals surface area contributed by atoms with E-state index in [-0.39, 0.29) is 5.75 Å². The summed E-state index contributed by atoms with van der Waals surface area (Å²) in [5.41, 5.74) is 0. The van der Waals surface area contributed by atoms with Crippen LogP contribution in [0.5, 0.6) is 0 Å². The first-order valence-electron chi connectivity index (χ1n) is 4.90. The van der Waals surface area contributed by atoms with Gasteiger partial charge in [0.2, 0.25) is 10.0 Å². The van der Waals surface area contributed by atoms with Crippen LogP contribution in [0, 0.1) is 5.82 Å². The molecule has 1 aromatic rings. The summed E-state index contributed by atoms with van der Waals surface area (Å²) in [6.45, 7) is 1.58. The minimum atomic E-state index is -3.90. The molecular formula is C10H14FNO3S2. The largest absolute Gasteiger partial charge is 0.260 e. The molecule has 96 valence electrons. The Kier molecular flexibility index (Phi) is 4.79. The predicted octanol–water partition coefficient (Wildman–Crippen LogP) is 0.871. The van der Waals surface area contributed by atoms with Crippen molar-refractivity contribution in [3.8, 4) is 0 Å². The fourth-order valence-electron chi connectivity index (χ4n) is 1.38. The van der Waals surface area contributed by atoms with Crippen LogP contribution < -0.4 is 4.72 Å². The zero-order valence-corrected chi connectivity index (χ0v) is 11.1. The van der Waals surface area contributed by atoms with Crippen molar-refractivity contribution in [3.05, 3.63) is 30.1 Å². The third kappa shape index (κ3) is 4.18. The van der Waals surface area contributed by atoms with E-state index in [0.29, 0.717) is 0 Å². The second kappa shape index (κ2) is 5.70. The Bertz CT molecular complexity index is 516. The highest BCUT2D eigenvalue weighted by Gasteiger charge is 2.21. The summed E-state index contributed by atoms with van der Waals surface area (Å²) in [5, 5.41) is 0. The number of benzene rings is 1. The molecule has 1 rings (SSSR count). The van der Waals surface area contributed by atoms with Gasteiger partial charge in [0.25, 0.3) is 0 Å². The van der Waals surface area contributed by atoms with Crippen molar-refractivity contribution < 1.29 is 17.0 Å². The van der Waals surface area contributed by atoms with E-state index in [1.54, 1.807) is 6.92 Å². The molecule has 0 aliphatic rings. The molecule has 0 aliphatic heterocycles. The molecular weight excluding hydrogens is 265 g/mol. The summed E-state index contributed by atoms with van der Waals surface area (Å²) in [5.74, 6) is -0.613. The average Bonchev–Trinajstić information content (AvgIpc) is 2.15. The summed E-state index contributed by atoms with van der Waals surface area (Å²) < 4.78 is 50.1. The zero-order valence-electron chi connectivity index (χ0n) is 9.51. The molecule has 17 heavy (non-hydrogen) atoms. The Balaban J connectivity index is 2.90. The van der Waals surface area contributed by atoms with Crippen LogP contribution in [0.2, 0.25) is 0 Å². The van der Waals surface area contributed by atoms with Gasteiger partial charge in [-0.15, -0.1) is 0 Å². The zero-order chi connectivity index (χ0) is 13.1. The number of halogens is 1. The molecule has 4 nitrogen and oxygen atoms in total. The van der Waals surface area contributed by atoms with E-state index < -0.39 is 37.6 Å². The van der Waals surface area contributed by atoms with Crippen LogP contribution in [0.3, 0.4) is 0 Å². The molecule has 1 N–H and O–H groups in total. The fourth-order valence-corrected chi connectivity index (χ4v) is 3.59. The van der Waals surface area contributed by atoms with Gasteiger partial charge in [0.05, 0.1) is 0 Å². The Morgan fingerprint density at radius 1 is 1.41 bits per heavy atom. The Labute approximate surface area is 103 Å². The number of sulfonamides is 1. The van der Waals surface area contributed by atoms with Crippen LogP contribution in [-0.4, -0.2) is 30.7 Å². The van der Waals surface area contributed by atoms with E-state index in [0.717, 1.165) is 6.07 Å². The van der Waals surface area contributed by atoms with E-state index >= 15 is 0 Å². The molecule has 0 fully saturated rings. The highest BCUT2D eigenvalue weighted by atomic mass is 32.2. The molecule has 0 saturated carbocycles. The highest BCUT2D eigenvalue weighted by molar-refractivity contribution is 7.89. The minimum absolute atomic E-state index is 0.188. The molecule has 0 amide bonds. The van der Waals surface area contributed by atoms with Gasteiger partial charge in [0.1, 0.15) is 10.7 Å². The van der Waals surface area contributed by atoms with Crippen LogP contribution in [0.1, 0.15) is 6.92 Å². The Morgan fingerprint density at radius 3 is 2.53 bits per heavy atom. The van der Waals surface area contributed by atoms with Gasteiger partial charge >= 0.3 is 0 Å². The summed E-state index contributed by atoms with van der Waals surface area (Å²) in [7, 11) is -5.01. The maximum atomic E-state index is 13.3. The summed E-state index contributed by atoms with van der Waals surface area (Å²) >= 11 is 0. The lowest BCUT2D eigenvalue weighted by atomic mass is 10.4. The van der Waals surface area contributed by atoms with Gasteiger partial charge < -0.3 is 0 Å². The predicted molar refractivity (Wildman–Crippen MR) is 65.1 cm³/mol. The van der Waals surface area contributed by atoms with Gasteiger partial charge in [-0.1, -0.05) is 12.1 Å². The number of hydrogen-bond donors (Lipinski definition) is 1. The fraction of sp³-hybridized carbons (Fsp3) is 0.400. The second-order valence-corrected chi connectivity index (χ2v) is 6.85. The van der Waals surface area contributed by atoms with Crippen molar-refractivity contribution in [2.24, 2.45) is 0 Å². The van der Waals surface area contributed by atoms with E-state index in [4.69, 9.17) is 0 Å². The molecule has 1 aromatic carbocycles. The molecule has 2 unspecified atom stereocenters. The van der Waals surface area contributed by atoms with Gasteiger partial charge in [0.15, 0.2) is 0 Å². The van der Waals surface area contributed by atoms with Crippen molar-refractivity contribution in [2.75, 3.05) is 12.0 Å². The minimum Gasteiger partial charge on any atom is -0.260 e. The van der Waals surface area contributed by atoms with Crippen LogP contribution in [0.15, 0.2) is 29.2 Å². The lowest BCUT2D eigenvalue weighted by Crippen LogP contribution is -2.36. The molecule has 0 radical (unpaired) electrons. The van der Waals surface area contributed by atoms with Crippen molar-refractivity contribution in [1.29, 1.82) is 0 Å². The molecule has 2 atom stereocenters. The summed E-state index contributed by atoms with van der Waals surface area (Å²) in [6.07, 6.45) is 1.48. The Hall–Kier alpha value is -0.790. The topological polar surface area (TPSA) is 63.2 Å². The molecule has 0 bridgehead atoms. The molecule has 0 saturated heterocycles. The Morgan fingerprint density at radius 2 is 2.00 bits per heavy atom. The monoisotopic (exact) mass is 279 g/mol.